The van der Waals surface area contributed by atoms with Crippen molar-refractivity contribution in [1.82, 2.24) is 0 Å². The van der Waals surface area contributed by atoms with Gasteiger partial charge in [-0.2, -0.15) is 0 Å². The van der Waals surface area contributed by atoms with Crippen molar-refractivity contribution in [2.45, 2.75) is 25.4 Å². The third kappa shape index (κ3) is 0.857. The molecule has 1 aliphatic heterocycles. The molecule has 13 heavy (non-hydrogen) atoms. The van der Waals surface area contributed by atoms with Crippen LogP contribution in [0.3, 0.4) is 0 Å². The predicted octanol–water partition coefficient (Wildman–Crippen LogP) is 0.566. The quantitative estimate of drug-likeness (QED) is 0.603. The third-order valence-corrected chi connectivity index (χ3v) is 4.14. The van der Waals surface area contributed by atoms with Gasteiger partial charge in [0.1, 0.15) is 6.10 Å². The van der Waals surface area contributed by atoms with Crippen LogP contribution in [-0.4, -0.2) is 23.8 Å². The van der Waals surface area contributed by atoms with Crippen LogP contribution in [0.1, 0.15) is 19.3 Å². The summed E-state index contributed by atoms with van der Waals surface area (Å²) >= 11 is 0. The molecule has 1 heterocycles. The fourth-order valence-corrected chi connectivity index (χ4v) is 3.62. The van der Waals surface area contributed by atoms with Gasteiger partial charge in [0, 0.05) is 12.5 Å². The second kappa shape index (κ2) is 2.47. The standard InChI is InChI=1S/C10H14O3/c11-4-5-3-7-9-6(5)1-2-8(9)13-10(7)12/h5-9,11H,1-4H2/t5-,6-,7-,8+,9+/m1/s1. The van der Waals surface area contributed by atoms with Gasteiger partial charge in [-0.1, -0.05) is 0 Å². The maximum absolute atomic E-state index is 11.4. The van der Waals surface area contributed by atoms with Crippen molar-refractivity contribution < 1.29 is 14.6 Å². The van der Waals surface area contributed by atoms with Crippen LogP contribution in [0, 0.1) is 23.7 Å². The zero-order valence-electron chi connectivity index (χ0n) is 7.48. The summed E-state index contributed by atoms with van der Waals surface area (Å²) in [6.07, 6.45) is 3.22. The molecule has 0 bridgehead atoms. The van der Waals surface area contributed by atoms with Crippen molar-refractivity contribution in [1.29, 1.82) is 0 Å². The summed E-state index contributed by atoms with van der Waals surface area (Å²) in [5.74, 6) is 1.49. The molecule has 0 aromatic rings. The topological polar surface area (TPSA) is 46.5 Å². The van der Waals surface area contributed by atoms with Gasteiger partial charge in [-0.15, -0.1) is 0 Å². The number of esters is 1. The summed E-state index contributed by atoms with van der Waals surface area (Å²) < 4.78 is 5.29. The average molecular weight is 182 g/mol. The van der Waals surface area contributed by atoms with E-state index in [1.165, 1.54) is 0 Å². The Morgan fingerprint density at radius 2 is 2.31 bits per heavy atom. The van der Waals surface area contributed by atoms with Crippen molar-refractivity contribution in [2.24, 2.45) is 23.7 Å². The highest BCUT2D eigenvalue weighted by Gasteiger charge is 2.58. The van der Waals surface area contributed by atoms with Crippen LogP contribution in [-0.2, 0) is 9.53 Å². The minimum Gasteiger partial charge on any atom is -0.462 e. The van der Waals surface area contributed by atoms with Crippen molar-refractivity contribution in [3.05, 3.63) is 0 Å². The van der Waals surface area contributed by atoms with E-state index in [0.717, 1.165) is 19.3 Å². The molecule has 72 valence electrons. The number of carbonyl (C=O) groups is 1. The molecule has 2 aliphatic carbocycles. The maximum Gasteiger partial charge on any atom is 0.309 e. The van der Waals surface area contributed by atoms with E-state index < -0.39 is 0 Å². The van der Waals surface area contributed by atoms with E-state index in [-0.39, 0.29) is 24.6 Å². The summed E-state index contributed by atoms with van der Waals surface area (Å²) in [6, 6.07) is 0. The van der Waals surface area contributed by atoms with E-state index >= 15 is 0 Å². The number of rotatable bonds is 1. The van der Waals surface area contributed by atoms with Gasteiger partial charge in [-0.3, -0.25) is 4.79 Å². The van der Waals surface area contributed by atoms with E-state index in [0.29, 0.717) is 17.8 Å². The highest BCUT2D eigenvalue weighted by Crippen LogP contribution is 2.55. The highest BCUT2D eigenvalue weighted by atomic mass is 16.6. The molecule has 5 atom stereocenters. The molecule has 3 aliphatic rings. The SMILES string of the molecule is O=C1O[C@H]2CC[C@@H]3[C@@H](CO)C[C@@H]1[C@H]32. The Balaban J connectivity index is 1.92. The summed E-state index contributed by atoms with van der Waals surface area (Å²) in [4.78, 5) is 11.4. The van der Waals surface area contributed by atoms with Crippen LogP contribution in [0.4, 0.5) is 0 Å². The van der Waals surface area contributed by atoms with Crippen LogP contribution < -0.4 is 0 Å². The average Bonchev–Trinajstić information content (AvgIpc) is 2.70. The van der Waals surface area contributed by atoms with Crippen LogP contribution in [0.15, 0.2) is 0 Å². The van der Waals surface area contributed by atoms with Gasteiger partial charge in [0.15, 0.2) is 0 Å². The molecule has 1 N–H and O–H groups in total. The van der Waals surface area contributed by atoms with Crippen molar-refractivity contribution in [3.8, 4) is 0 Å². The zero-order chi connectivity index (χ0) is 9.00. The first-order chi connectivity index (χ1) is 6.31. The Kier molecular flexibility index (Phi) is 1.48. The lowest BCUT2D eigenvalue weighted by Gasteiger charge is -2.15. The Hall–Kier alpha value is -0.570. The molecule has 0 aromatic carbocycles. The molecular weight excluding hydrogens is 168 g/mol. The molecule has 3 heteroatoms. The summed E-state index contributed by atoms with van der Waals surface area (Å²) in [7, 11) is 0. The Morgan fingerprint density at radius 1 is 1.46 bits per heavy atom. The van der Waals surface area contributed by atoms with Crippen LogP contribution >= 0.6 is 0 Å². The molecule has 0 aromatic heterocycles. The molecule has 3 rings (SSSR count). The van der Waals surface area contributed by atoms with E-state index in [4.69, 9.17) is 4.74 Å². The summed E-state index contributed by atoms with van der Waals surface area (Å²) in [6.45, 7) is 0.248. The molecule has 0 radical (unpaired) electrons. The van der Waals surface area contributed by atoms with Gasteiger partial charge < -0.3 is 9.84 Å². The largest absolute Gasteiger partial charge is 0.462 e. The van der Waals surface area contributed by atoms with Crippen LogP contribution in [0.5, 0.6) is 0 Å². The van der Waals surface area contributed by atoms with Crippen molar-refractivity contribution >= 4 is 5.97 Å². The first-order valence-corrected chi connectivity index (χ1v) is 5.12. The minimum absolute atomic E-state index is 0.00403. The highest BCUT2D eigenvalue weighted by molar-refractivity contribution is 5.76. The fourth-order valence-electron chi connectivity index (χ4n) is 3.62. The van der Waals surface area contributed by atoms with Gasteiger partial charge >= 0.3 is 5.97 Å². The van der Waals surface area contributed by atoms with Gasteiger partial charge in [0.05, 0.1) is 5.92 Å². The lowest BCUT2D eigenvalue weighted by atomic mass is 9.91. The predicted molar refractivity (Wildman–Crippen MR) is 44.8 cm³/mol. The molecule has 0 spiro atoms. The molecule has 1 saturated heterocycles. The minimum atomic E-state index is -0.00403. The number of hydrogen-bond donors (Lipinski definition) is 1. The van der Waals surface area contributed by atoms with Crippen molar-refractivity contribution in [2.75, 3.05) is 6.61 Å². The third-order valence-electron chi connectivity index (χ3n) is 4.14. The fraction of sp³-hybridized carbons (Fsp3) is 0.900. The second-order valence-corrected chi connectivity index (χ2v) is 4.58. The molecule has 3 nitrogen and oxygen atoms in total. The normalized spacial score (nSPS) is 52.4. The molecule has 3 fully saturated rings. The van der Waals surface area contributed by atoms with Gasteiger partial charge in [-0.25, -0.2) is 0 Å². The van der Waals surface area contributed by atoms with E-state index in [9.17, 15) is 9.90 Å². The molecule has 0 unspecified atom stereocenters. The van der Waals surface area contributed by atoms with Gasteiger partial charge in [-0.05, 0) is 31.1 Å². The zero-order valence-corrected chi connectivity index (χ0v) is 7.48. The first-order valence-electron chi connectivity index (χ1n) is 5.12. The van der Waals surface area contributed by atoms with E-state index in [1.54, 1.807) is 0 Å². The van der Waals surface area contributed by atoms with Crippen LogP contribution in [0.25, 0.3) is 0 Å². The monoisotopic (exact) mass is 182 g/mol. The molecule has 0 amide bonds. The smallest absolute Gasteiger partial charge is 0.309 e. The number of carbonyl (C=O) groups excluding carboxylic acids is 1. The molecule has 2 saturated carbocycles. The maximum atomic E-state index is 11.4. The second-order valence-electron chi connectivity index (χ2n) is 4.58. The lowest BCUT2D eigenvalue weighted by molar-refractivity contribution is -0.144. The lowest BCUT2D eigenvalue weighted by Crippen LogP contribution is -2.17. The summed E-state index contributed by atoms with van der Waals surface area (Å²) in [5.41, 5.74) is 0. The van der Waals surface area contributed by atoms with Crippen molar-refractivity contribution in [3.63, 3.8) is 0 Å². The van der Waals surface area contributed by atoms with Gasteiger partial charge in [0.25, 0.3) is 0 Å². The number of aliphatic hydroxyl groups excluding tert-OH is 1. The Bertz CT molecular complexity index is 251. The van der Waals surface area contributed by atoms with Crippen LogP contribution in [0.2, 0.25) is 0 Å². The number of ether oxygens (including phenoxy) is 1. The van der Waals surface area contributed by atoms with E-state index in [1.807, 2.05) is 0 Å². The van der Waals surface area contributed by atoms with Gasteiger partial charge in [0.2, 0.25) is 0 Å². The Morgan fingerprint density at radius 3 is 3.08 bits per heavy atom. The Labute approximate surface area is 77.1 Å². The summed E-state index contributed by atoms with van der Waals surface area (Å²) in [5, 5.41) is 9.18. The molecular formula is C10H14O3. The number of hydrogen-bond acceptors (Lipinski definition) is 3. The van der Waals surface area contributed by atoms with E-state index in [2.05, 4.69) is 0 Å². The number of aliphatic hydroxyl groups is 1. The first kappa shape index (κ1) is 7.80.